The van der Waals surface area contributed by atoms with Crippen molar-refractivity contribution in [1.29, 1.82) is 0 Å². The van der Waals surface area contributed by atoms with Gasteiger partial charge >= 0.3 is 0 Å². The predicted octanol–water partition coefficient (Wildman–Crippen LogP) is -1.14. The van der Waals surface area contributed by atoms with Crippen LogP contribution in [0.1, 0.15) is 6.92 Å². The van der Waals surface area contributed by atoms with E-state index in [1.165, 1.54) is 6.92 Å². The number of hydrogen-bond acceptors (Lipinski definition) is 5. The minimum Gasteiger partial charge on any atom is -0.394 e. The standard InChI is InChI=1S/C5H11NO4/c1-3(8)5(9)4(2-7)6-10/h3-5,7-9H,2H2,1H3. The molecule has 0 aromatic rings. The van der Waals surface area contributed by atoms with E-state index in [9.17, 15) is 4.91 Å². The van der Waals surface area contributed by atoms with E-state index < -0.39 is 24.9 Å². The molecule has 0 radical (unpaired) electrons. The van der Waals surface area contributed by atoms with Gasteiger partial charge in [-0.05, 0) is 6.92 Å². The maximum Gasteiger partial charge on any atom is 0.143 e. The van der Waals surface area contributed by atoms with E-state index in [0.717, 1.165) is 0 Å². The maximum absolute atomic E-state index is 9.80. The second kappa shape index (κ2) is 4.32. The number of nitroso groups, excluding NO2 is 1. The third kappa shape index (κ3) is 2.38. The van der Waals surface area contributed by atoms with Crippen LogP contribution in [0.25, 0.3) is 0 Å². The summed E-state index contributed by atoms with van der Waals surface area (Å²) in [5.74, 6) is 0. The van der Waals surface area contributed by atoms with Crippen molar-refractivity contribution in [3.05, 3.63) is 4.91 Å². The molecule has 0 rings (SSSR count). The highest BCUT2D eigenvalue weighted by Gasteiger charge is 2.23. The highest BCUT2D eigenvalue weighted by atomic mass is 16.3. The van der Waals surface area contributed by atoms with Gasteiger partial charge in [-0.3, -0.25) is 0 Å². The van der Waals surface area contributed by atoms with Crippen LogP contribution in [0.5, 0.6) is 0 Å². The molecule has 0 fully saturated rings. The van der Waals surface area contributed by atoms with Crippen LogP contribution in [0.4, 0.5) is 0 Å². The molecule has 0 saturated heterocycles. The topological polar surface area (TPSA) is 90.1 Å². The van der Waals surface area contributed by atoms with Gasteiger partial charge in [0.2, 0.25) is 0 Å². The Hall–Kier alpha value is -0.520. The number of rotatable bonds is 4. The Balaban J connectivity index is 3.87. The molecule has 60 valence electrons. The Labute approximate surface area is 58.3 Å². The van der Waals surface area contributed by atoms with E-state index in [1.54, 1.807) is 0 Å². The first-order valence-corrected chi connectivity index (χ1v) is 2.93. The number of aliphatic hydroxyl groups is 3. The fraction of sp³-hybridized carbons (Fsp3) is 1.00. The summed E-state index contributed by atoms with van der Waals surface area (Å²) in [6.45, 7) is 0.772. The van der Waals surface area contributed by atoms with Crippen LogP contribution in [0.15, 0.2) is 5.18 Å². The zero-order valence-corrected chi connectivity index (χ0v) is 5.64. The van der Waals surface area contributed by atoms with E-state index in [-0.39, 0.29) is 0 Å². The van der Waals surface area contributed by atoms with E-state index >= 15 is 0 Å². The van der Waals surface area contributed by atoms with E-state index in [4.69, 9.17) is 15.3 Å². The molecule has 3 N–H and O–H groups in total. The number of nitrogens with zero attached hydrogens (tertiary/aromatic N) is 1. The molecule has 0 aliphatic carbocycles. The molecule has 0 aliphatic heterocycles. The highest BCUT2D eigenvalue weighted by molar-refractivity contribution is 4.77. The van der Waals surface area contributed by atoms with Crippen LogP contribution in [0.3, 0.4) is 0 Å². The molecular formula is C5H11NO4. The first-order chi connectivity index (χ1) is 4.63. The molecule has 0 saturated carbocycles. The molecular weight excluding hydrogens is 138 g/mol. The third-order valence-corrected chi connectivity index (χ3v) is 1.21. The van der Waals surface area contributed by atoms with Crippen molar-refractivity contribution >= 4 is 0 Å². The van der Waals surface area contributed by atoms with Gasteiger partial charge in [-0.1, -0.05) is 5.18 Å². The fourth-order valence-electron chi connectivity index (χ4n) is 0.525. The van der Waals surface area contributed by atoms with Crippen LogP contribution in [-0.2, 0) is 0 Å². The fourth-order valence-corrected chi connectivity index (χ4v) is 0.525. The normalized spacial score (nSPS) is 19.6. The summed E-state index contributed by atoms with van der Waals surface area (Å²) in [5.41, 5.74) is 0. The smallest absolute Gasteiger partial charge is 0.143 e. The molecule has 0 aromatic heterocycles. The summed E-state index contributed by atoms with van der Waals surface area (Å²) in [6, 6.07) is -1.13. The molecule has 0 aliphatic rings. The molecule has 0 amide bonds. The number of hydrogen-bond donors (Lipinski definition) is 3. The van der Waals surface area contributed by atoms with Crippen molar-refractivity contribution in [2.24, 2.45) is 5.18 Å². The zero-order chi connectivity index (χ0) is 8.15. The van der Waals surface area contributed by atoms with Gasteiger partial charge < -0.3 is 15.3 Å². The zero-order valence-electron chi connectivity index (χ0n) is 5.64. The van der Waals surface area contributed by atoms with Crippen LogP contribution >= 0.6 is 0 Å². The van der Waals surface area contributed by atoms with E-state index in [1.807, 2.05) is 0 Å². The Morgan fingerprint density at radius 2 is 2.00 bits per heavy atom. The first kappa shape index (κ1) is 9.48. The highest BCUT2D eigenvalue weighted by Crippen LogP contribution is 2.02. The summed E-state index contributed by atoms with van der Waals surface area (Å²) in [6.07, 6.45) is -2.32. The molecule has 10 heavy (non-hydrogen) atoms. The molecule has 3 atom stereocenters. The van der Waals surface area contributed by atoms with Crippen molar-refractivity contribution in [3.63, 3.8) is 0 Å². The summed E-state index contributed by atoms with van der Waals surface area (Å²) in [5, 5.41) is 28.4. The summed E-state index contributed by atoms with van der Waals surface area (Å²) < 4.78 is 0. The Bertz CT molecular complexity index is 106. The summed E-state index contributed by atoms with van der Waals surface area (Å²) >= 11 is 0. The predicted molar refractivity (Wildman–Crippen MR) is 34.4 cm³/mol. The van der Waals surface area contributed by atoms with Crippen molar-refractivity contribution < 1.29 is 15.3 Å². The maximum atomic E-state index is 9.80. The molecule has 3 unspecified atom stereocenters. The second-order valence-corrected chi connectivity index (χ2v) is 2.09. The lowest BCUT2D eigenvalue weighted by atomic mass is 10.1. The average molecular weight is 149 g/mol. The number of aliphatic hydroxyl groups excluding tert-OH is 3. The Morgan fingerprint density at radius 3 is 2.10 bits per heavy atom. The van der Waals surface area contributed by atoms with Gasteiger partial charge in [-0.2, -0.15) is 4.91 Å². The van der Waals surface area contributed by atoms with Crippen molar-refractivity contribution in [2.75, 3.05) is 6.61 Å². The van der Waals surface area contributed by atoms with Gasteiger partial charge in [0, 0.05) is 0 Å². The summed E-state index contributed by atoms with van der Waals surface area (Å²) in [7, 11) is 0. The Morgan fingerprint density at radius 1 is 1.50 bits per heavy atom. The van der Waals surface area contributed by atoms with Crippen LogP contribution in [0, 0.1) is 4.91 Å². The van der Waals surface area contributed by atoms with Crippen molar-refractivity contribution in [1.82, 2.24) is 0 Å². The van der Waals surface area contributed by atoms with Gasteiger partial charge in [-0.15, -0.1) is 0 Å². The summed E-state index contributed by atoms with van der Waals surface area (Å²) in [4.78, 5) is 9.80. The van der Waals surface area contributed by atoms with Crippen molar-refractivity contribution in [2.45, 2.75) is 25.2 Å². The molecule has 0 spiro atoms. The molecule has 0 aromatic carbocycles. The minimum absolute atomic E-state index is 0.546. The van der Waals surface area contributed by atoms with E-state index in [2.05, 4.69) is 5.18 Å². The van der Waals surface area contributed by atoms with Crippen LogP contribution in [0.2, 0.25) is 0 Å². The van der Waals surface area contributed by atoms with Crippen molar-refractivity contribution in [3.8, 4) is 0 Å². The van der Waals surface area contributed by atoms with Gasteiger partial charge in [-0.25, -0.2) is 0 Å². The molecule has 5 heteroatoms. The first-order valence-electron chi connectivity index (χ1n) is 2.93. The molecule has 5 nitrogen and oxygen atoms in total. The van der Waals surface area contributed by atoms with Gasteiger partial charge in [0.05, 0.1) is 12.7 Å². The van der Waals surface area contributed by atoms with Gasteiger partial charge in [0.15, 0.2) is 0 Å². The molecule has 0 heterocycles. The molecule has 0 bridgehead atoms. The van der Waals surface area contributed by atoms with Gasteiger partial charge in [0.25, 0.3) is 0 Å². The van der Waals surface area contributed by atoms with Gasteiger partial charge in [0.1, 0.15) is 12.1 Å². The lowest BCUT2D eigenvalue weighted by Gasteiger charge is -2.16. The lowest BCUT2D eigenvalue weighted by Crippen LogP contribution is -2.36. The SMILES string of the molecule is CC(O)C(O)C(CO)N=O. The van der Waals surface area contributed by atoms with E-state index in [0.29, 0.717) is 0 Å². The lowest BCUT2D eigenvalue weighted by molar-refractivity contribution is 0.00319. The monoisotopic (exact) mass is 149 g/mol. The van der Waals surface area contributed by atoms with Crippen LogP contribution in [-0.4, -0.2) is 40.2 Å². The average Bonchev–Trinajstić information content (AvgIpc) is 1.90. The Kier molecular flexibility index (Phi) is 4.10. The van der Waals surface area contributed by atoms with Crippen LogP contribution < -0.4 is 0 Å². The minimum atomic E-state index is -1.28. The largest absolute Gasteiger partial charge is 0.394 e. The second-order valence-electron chi connectivity index (χ2n) is 2.09. The quantitative estimate of drug-likeness (QED) is 0.440. The third-order valence-electron chi connectivity index (χ3n) is 1.21.